The maximum Gasteiger partial charge on any atom is 0.147 e. The van der Waals surface area contributed by atoms with Crippen LogP contribution in [0.5, 0.6) is 0 Å². The lowest BCUT2D eigenvalue weighted by Crippen LogP contribution is -2.59. The average molecular weight is 451 g/mol. The van der Waals surface area contributed by atoms with Gasteiger partial charge in [0.05, 0.1) is 31.5 Å². The normalized spacial score (nSPS) is 32.8. The molecule has 0 aliphatic heterocycles. The van der Waals surface area contributed by atoms with Crippen molar-refractivity contribution >= 4 is 0 Å². The van der Waals surface area contributed by atoms with Crippen LogP contribution in [0.25, 0.3) is 0 Å². The zero-order chi connectivity index (χ0) is 23.4. The van der Waals surface area contributed by atoms with E-state index in [2.05, 4.69) is 75.0 Å². The first-order chi connectivity index (χ1) is 16.0. The number of hydrogen-bond donors (Lipinski definition) is 0. The van der Waals surface area contributed by atoms with Gasteiger partial charge in [-0.15, -0.1) is 6.58 Å². The highest BCUT2D eigenvalue weighted by Gasteiger charge is 2.74. The average Bonchev–Trinajstić information content (AvgIpc) is 3.30. The summed E-state index contributed by atoms with van der Waals surface area (Å²) < 4.78 is 24.9. The molecule has 0 amide bonds. The molecule has 0 N–H and O–H groups in total. The first-order valence-electron chi connectivity index (χ1n) is 12.0. The molecular weight excluding hydrogens is 412 g/mol. The van der Waals surface area contributed by atoms with E-state index < -0.39 is 0 Å². The third kappa shape index (κ3) is 4.42. The minimum Gasteiger partial charge on any atom is -0.376 e. The van der Waals surface area contributed by atoms with E-state index in [9.17, 15) is 0 Å². The van der Waals surface area contributed by atoms with Crippen LogP contribution in [0.3, 0.4) is 0 Å². The van der Waals surface area contributed by atoms with Crippen molar-refractivity contribution < 1.29 is 18.9 Å². The van der Waals surface area contributed by atoms with Gasteiger partial charge in [0.2, 0.25) is 0 Å². The highest BCUT2D eigenvalue weighted by atomic mass is 16.7. The second-order valence-corrected chi connectivity index (χ2v) is 10.1. The first kappa shape index (κ1) is 24.2. The summed E-state index contributed by atoms with van der Waals surface area (Å²) in [7, 11) is 1.69. The number of methoxy groups -OCH3 is 1. The molecular formula is C29H38O4. The van der Waals surface area contributed by atoms with Crippen LogP contribution in [0, 0.1) is 16.7 Å². The van der Waals surface area contributed by atoms with Gasteiger partial charge in [0.15, 0.2) is 0 Å². The smallest absolute Gasteiger partial charge is 0.147 e. The van der Waals surface area contributed by atoms with E-state index in [1.54, 1.807) is 7.11 Å². The Morgan fingerprint density at radius 1 is 0.939 bits per heavy atom. The fraction of sp³-hybridized carbons (Fsp3) is 0.517. The summed E-state index contributed by atoms with van der Waals surface area (Å²) in [6.07, 6.45) is 4.88. The van der Waals surface area contributed by atoms with E-state index in [1.807, 2.05) is 12.1 Å². The van der Waals surface area contributed by atoms with E-state index in [1.165, 1.54) is 11.1 Å². The molecule has 2 aromatic carbocycles. The molecule has 0 saturated heterocycles. The van der Waals surface area contributed by atoms with E-state index >= 15 is 0 Å². The Morgan fingerprint density at radius 3 is 2.18 bits per heavy atom. The van der Waals surface area contributed by atoms with Crippen molar-refractivity contribution in [2.24, 2.45) is 16.7 Å². The molecule has 2 saturated carbocycles. The molecule has 4 nitrogen and oxygen atoms in total. The second kappa shape index (κ2) is 10.1. The van der Waals surface area contributed by atoms with Crippen LogP contribution >= 0.6 is 0 Å². The summed E-state index contributed by atoms with van der Waals surface area (Å²) in [5.74, 6) is 0.362. The third-order valence-electron chi connectivity index (χ3n) is 8.44. The molecule has 0 aromatic heterocycles. The second-order valence-electron chi connectivity index (χ2n) is 10.1. The van der Waals surface area contributed by atoms with Crippen LogP contribution in [-0.4, -0.2) is 32.2 Å². The minimum atomic E-state index is -0.358. The van der Waals surface area contributed by atoms with Crippen molar-refractivity contribution in [3.8, 4) is 0 Å². The lowest BCUT2D eigenvalue weighted by Gasteiger charge is -2.55. The topological polar surface area (TPSA) is 36.9 Å². The standard InChI is InChI=1S/C29H38O4/c1-5-16-27(2)25-17-29(33-22-30-4,18-26(25)32-20-24-14-10-7-11-15-24)28(27,3)21-31-19-23-12-8-6-9-13-23/h5-15,25-26H,1,16-22H2,2-4H3/t25-,26+,27-,28+,29-/m1/s1. The fourth-order valence-corrected chi connectivity index (χ4v) is 6.37. The highest BCUT2D eigenvalue weighted by molar-refractivity contribution is 5.24. The molecule has 4 rings (SSSR count). The zero-order valence-electron chi connectivity index (χ0n) is 20.3. The number of benzene rings is 2. The quantitative estimate of drug-likeness (QED) is 0.287. The van der Waals surface area contributed by atoms with Gasteiger partial charge in [0, 0.05) is 18.9 Å². The van der Waals surface area contributed by atoms with E-state index in [0.717, 1.165) is 19.3 Å². The van der Waals surface area contributed by atoms with Crippen LogP contribution in [-0.2, 0) is 32.2 Å². The number of hydrogen-bond acceptors (Lipinski definition) is 4. The van der Waals surface area contributed by atoms with Crippen molar-refractivity contribution in [2.75, 3.05) is 20.5 Å². The predicted octanol–water partition coefficient (Wildman–Crippen LogP) is 6.16. The first-order valence-corrected chi connectivity index (χ1v) is 12.0. The Bertz CT molecular complexity index is 900. The van der Waals surface area contributed by atoms with Crippen LogP contribution in [0.4, 0.5) is 0 Å². The Balaban J connectivity index is 1.56. The fourth-order valence-electron chi connectivity index (χ4n) is 6.37. The number of rotatable bonds is 12. The summed E-state index contributed by atoms with van der Waals surface area (Å²) in [4.78, 5) is 0. The SMILES string of the molecule is C=CC[C@]1(C)[C@@H]2C[C@@](OCOC)(C[C@@H]2OCc2ccccc2)[C@@]1(C)COCc1ccccc1. The largest absolute Gasteiger partial charge is 0.376 e. The molecule has 178 valence electrons. The van der Waals surface area contributed by atoms with Gasteiger partial charge in [-0.2, -0.15) is 0 Å². The van der Waals surface area contributed by atoms with Gasteiger partial charge in [-0.3, -0.25) is 0 Å². The summed E-state index contributed by atoms with van der Waals surface area (Å²) >= 11 is 0. The maximum absolute atomic E-state index is 6.56. The maximum atomic E-state index is 6.56. The Morgan fingerprint density at radius 2 is 1.58 bits per heavy atom. The van der Waals surface area contributed by atoms with Crippen molar-refractivity contribution in [3.05, 3.63) is 84.4 Å². The zero-order valence-corrected chi connectivity index (χ0v) is 20.3. The Kier molecular flexibility index (Phi) is 7.40. The van der Waals surface area contributed by atoms with Crippen LogP contribution in [0.15, 0.2) is 73.3 Å². The molecule has 5 atom stereocenters. The summed E-state index contributed by atoms with van der Waals surface area (Å²) in [6.45, 7) is 10.9. The third-order valence-corrected chi connectivity index (χ3v) is 8.44. The van der Waals surface area contributed by atoms with Gasteiger partial charge < -0.3 is 18.9 Å². The molecule has 0 spiro atoms. The highest BCUT2D eigenvalue weighted by Crippen LogP contribution is 2.71. The summed E-state index contributed by atoms with van der Waals surface area (Å²) in [6, 6.07) is 20.8. The van der Waals surface area contributed by atoms with Crippen LogP contribution < -0.4 is 0 Å². The van der Waals surface area contributed by atoms with E-state index in [-0.39, 0.29) is 29.3 Å². The van der Waals surface area contributed by atoms with Gasteiger partial charge in [-0.1, -0.05) is 80.6 Å². The van der Waals surface area contributed by atoms with Gasteiger partial charge in [-0.05, 0) is 35.3 Å². The van der Waals surface area contributed by atoms with Crippen LogP contribution in [0.2, 0.25) is 0 Å². The summed E-state index contributed by atoms with van der Waals surface area (Å²) in [5, 5.41) is 0. The van der Waals surface area contributed by atoms with Crippen molar-refractivity contribution in [1.29, 1.82) is 0 Å². The molecule has 33 heavy (non-hydrogen) atoms. The van der Waals surface area contributed by atoms with Gasteiger partial charge in [0.1, 0.15) is 6.79 Å². The monoisotopic (exact) mass is 450 g/mol. The Labute approximate surface area is 198 Å². The molecule has 2 fully saturated rings. The van der Waals surface area contributed by atoms with Gasteiger partial charge >= 0.3 is 0 Å². The van der Waals surface area contributed by atoms with Gasteiger partial charge in [-0.25, -0.2) is 0 Å². The van der Waals surface area contributed by atoms with Crippen molar-refractivity contribution in [2.45, 2.75) is 58.0 Å². The molecule has 0 radical (unpaired) electrons. The molecule has 2 bridgehead atoms. The van der Waals surface area contributed by atoms with E-state index in [4.69, 9.17) is 18.9 Å². The predicted molar refractivity (Wildman–Crippen MR) is 131 cm³/mol. The number of fused-ring (bicyclic) bond motifs is 2. The molecule has 2 aromatic rings. The lowest BCUT2D eigenvalue weighted by atomic mass is 9.54. The van der Waals surface area contributed by atoms with Crippen molar-refractivity contribution in [3.63, 3.8) is 0 Å². The molecule has 2 aliphatic carbocycles. The number of ether oxygens (including phenoxy) is 4. The van der Waals surface area contributed by atoms with Gasteiger partial charge in [0.25, 0.3) is 0 Å². The molecule has 0 unspecified atom stereocenters. The van der Waals surface area contributed by atoms with E-state index in [0.29, 0.717) is 25.7 Å². The summed E-state index contributed by atoms with van der Waals surface area (Å²) in [5.41, 5.74) is 1.78. The van der Waals surface area contributed by atoms with Crippen molar-refractivity contribution in [1.82, 2.24) is 0 Å². The molecule has 2 aliphatic rings. The number of allylic oxidation sites excluding steroid dienone is 1. The molecule has 4 heteroatoms. The minimum absolute atomic E-state index is 0.0568. The lowest BCUT2D eigenvalue weighted by molar-refractivity contribution is -0.232. The van der Waals surface area contributed by atoms with Crippen LogP contribution in [0.1, 0.15) is 44.2 Å². The molecule has 0 heterocycles. The Hall–Kier alpha value is -1.98.